The molecule has 52 heavy (non-hydrogen) atoms. The van der Waals surface area contributed by atoms with E-state index in [2.05, 4.69) is 109 Å². The number of benzene rings is 8. The van der Waals surface area contributed by atoms with Crippen LogP contribution in [0.1, 0.15) is 0 Å². The molecule has 0 fully saturated rings. The minimum atomic E-state index is 0.588. The third-order valence-corrected chi connectivity index (χ3v) is 10.1. The summed E-state index contributed by atoms with van der Waals surface area (Å²) in [6.45, 7) is 0. The molecule has 0 saturated heterocycles. The predicted molar refractivity (Wildman–Crippen MR) is 211 cm³/mol. The summed E-state index contributed by atoms with van der Waals surface area (Å²) in [6, 6.07) is 56.3. The molecule has 0 spiro atoms. The highest BCUT2D eigenvalue weighted by molar-refractivity contribution is 6.16. The smallest absolute Gasteiger partial charge is 0.164 e. The highest BCUT2D eigenvalue weighted by Crippen LogP contribution is 2.41. The van der Waals surface area contributed by atoms with Gasteiger partial charge in [0.2, 0.25) is 0 Å². The fourth-order valence-corrected chi connectivity index (χ4v) is 7.62. The normalized spacial score (nSPS) is 11.8. The van der Waals surface area contributed by atoms with Crippen LogP contribution in [0.15, 0.2) is 173 Å². The molecule has 11 rings (SSSR count). The van der Waals surface area contributed by atoms with Crippen LogP contribution in [0.3, 0.4) is 0 Å². The minimum absolute atomic E-state index is 0.588. The van der Waals surface area contributed by atoms with Crippen LogP contribution in [0, 0.1) is 0 Å². The second-order valence-electron chi connectivity index (χ2n) is 13.2. The van der Waals surface area contributed by atoms with Gasteiger partial charge < -0.3 is 8.83 Å². The third-order valence-electron chi connectivity index (χ3n) is 10.1. The molecule has 0 radical (unpaired) electrons. The van der Waals surface area contributed by atoms with Gasteiger partial charge in [-0.25, -0.2) is 15.0 Å². The summed E-state index contributed by atoms with van der Waals surface area (Å²) in [5.74, 6) is 1.79. The van der Waals surface area contributed by atoms with Crippen LogP contribution < -0.4 is 0 Å². The van der Waals surface area contributed by atoms with Gasteiger partial charge in [0, 0.05) is 38.2 Å². The molecular formula is C47H27N3O2. The number of nitrogens with zero attached hydrogens (tertiary/aromatic N) is 3. The van der Waals surface area contributed by atoms with Gasteiger partial charge in [-0.1, -0.05) is 121 Å². The summed E-state index contributed by atoms with van der Waals surface area (Å²) in [7, 11) is 0. The van der Waals surface area contributed by atoms with Crippen LogP contribution in [0.5, 0.6) is 0 Å². The van der Waals surface area contributed by atoms with Crippen LogP contribution in [-0.2, 0) is 0 Å². The molecule has 3 heterocycles. The Hall–Kier alpha value is -7.11. The van der Waals surface area contributed by atoms with E-state index in [1.165, 1.54) is 5.39 Å². The SMILES string of the molecule is c1ccc(-c2nc(-c3cccc(-c4cccc5oc6cc7ccccc7cc6c45)c3)nc(-c3cccc4oc5cc6ccccc6cc5c34)n2)cc1. The van der Waals surface area contributed by atoms with E-state index >= 15 is 0 Å². The van der Waals surface area contributed by atoms with Crippen molar-refractivity contribution in [3.8, 4) is 45.3 Å². The van der Waals surface area contributed by atoms with E-state index in [-0.39, 0.29) is 0 Å². The monoisotopic (exact) mass is 665 g/mol. The first kappa shape index (κ1) is 28.7. The molecule has 0 aliphatic heterocycles. The molecule has 3 aromatic heterocycles. The lowest BCUT2D eigenvalue weighted by Gasteiger charge is -2.11. The van der Waals surface area contributed by atoms with Gasteiger partial charge in [0.25, 0.3) is 0 Å². The first-order chi connectivity index (χ1) is 25.7. The van der Waals surface area contributed by atoms with Crippen molar-refractivity contribution >= 4 is 65.4 Å². The average molecular weight is 666 g/mol. The molecule has 0 atom stereocenters. The van der Waals surface area contributed by atoms with E-state index in [1.807, 2.05) is 54.6 Å². The first-order valence-electron chi connectivity index (χ1n) is 17.3. The number of rotatable bonds is 4. The fourth-order valence-electron chi connectivity index (χ4n) is 7.62. The Morgan fingerprint density at radius 3 is 1.40 bits per heavy atom. The number of fused-ring (bicyclic) bond motifs is 8. The van der Waals surface area contributed by atoms with Crippen LogP contribution in [0.25, 0.3) is 111 Å². The van der Waals surface area contributed by atoms with Crippen molar-refractivity contribution in [2.75, 3.05) is 0 Å². The molecule has 5 nitrogen and oxygen atoms in total. The lowest BCUT2D eigenvalue weighted by Crippen LogP contribution is -2.00. The largest absolute Gasteiger partial charge is 0.456 e. The Labute approximate surface area is 297 Å². The van der Waals surface area contributed by atoms with Crippen molar-refractivity contribution in [1.29, 1.82) is 0 Å². The molecule has 0 amide bonds. The van der Waals surface area contributed by atoms with E-state index in [1.54, 1.807) is 0 Å². The molecule has 5 heteroatoms. The molecule has 11 aromatic rings. The standard InChI is InChI=1S/C47H27N3O2/c1-2-11-28(12-3-1)45-48-46(50-47(49-45)36-20-10-22-40-44(36)38-25-30-14-5-7-16-32(30)27-42(38)52-40)34-18-8-17-33(23-34)35-19-9-21-39-43(35)37-24-29-13-4-6-15-31(29)26-41(37)51-39/h1-27H. The van der Waals surface area contributed by atoms with E-state index < -0.39 is 0 Å². The first-order valence-corrected chi connectivity index (χ1v) is 17.3. The number of hydrogen-bond donors (Lipinski definition) is 0. The Morgan fingerprint density at radius 2 is 0.769 bits per heavy atom. The Morgan fingerprint density at radius 1 is 0.308 bits per heavy atom. The molecule has 242 valence electrons. The molecule has 0 aliphatic rings. The molecule has 0 saturated carbocycles. The summed E-state index contributed by atoms with van der Waals surface area (Å²) in [5.41, 5.74) is 8.21. The van der Waals surface area contributed by atoms with Crippen molar-refractivity contribution < 1.29 is 8.83 Å². The maximum absolute atomic E-state index is 6.42. The van der Waals surface area contributed by atoms with Gasteiger partial charge in [0.05, 0.1) is 0 Å². The topological polar surface area (TPSA) is 65.0 Å². The lowest BCUT2D eigenvalue weighted by atomic mass is 9.97. The molecule has 0 N–H and O–H groups in total. The van der Waals surface area contributed by atoms with Gasteiger partial charge in [-0.3, -0.25) is 0 Å². The van der Waals surface area contributed by atoms with E-state index in [4.69, 9.17) is 23.8 Å². The zero-order valence-electron chi connectivity index (χ0n) is 27.7. The predicted octanol–water partition coefficient (Wildman–Crippen LogP) is 12.6. The van der Waals surface area contributed by atoms with Crippen molar-refractivity contribution in [2.24, 2.45) is 0 Å². The number of aromatic nitrogens is 3. The molecular weight excluding hydrogens is 639 g/mol. The van der Waals surface area contributed by atoms with Crippen LogP contribution in [0.2, 0.25) is 0 Å². The van der Waals surface area contributed by atoms with Gasteiger partial charge >= 0.3 is 0 Å². The van der Waals surface area contributed by atoms with Gasteiger partial charge in [-0.05, 0) is 75.1 Å². The van der Waals surface area contributed by atoms with Crippen LogP contribution in [0.4, 0.5) is 0 Å². The summed E-state index contributed by atoms with van der Waals surface area (Å²) in [4.78, 5) is 15.4. The van der Waals surface area contributed by atoms with Gasteiger partial charge in [0.15, 0.2) is 17.5 Å². The quantitative estimate of drug-likeness (QED) is 0.187. The van der Waals surface area contributed by atoms with E-state index in [0.29, 0.717) is 17.5 Å². The zero-order chi connectivity index (χ0) is 34.2. The number of hydrogen-bond acceptors (Lipinski definition) is 5. The Bertz CT molecular complexity index is 3190. The summed E-state index contributed by atoms with van der Waals surface area (Å²) in [5, 5.41) is 8.83. The van der Waals surface area contributed by atoms with Crippen molar-refractivity contribution in [2.45, 2.75) is 0 Å². The van der Waals surface area contributed by atoms with Crippen LogP contribution in [-0.4, -0.2) is 15.0 Å². The molecule has 0 bridgehead atoms. The second kappa shape index (κ2) is 11.2. The van der Waals surface area contributed by atoms with Gasteiger partial charge in [0.1, 0.15) is 22.3 Å². The zero-order valence-corrected chi connectivity index (χ0v) is 27.7. The maximum Gasteiger partial charge on any atom is 0.164 e. The molecule has 8 aromatic carbocycles. The highest BCUT2D eigenvalue weighted by Gasteiger charge is 2.19. The van der Waals surface area contributed by atoms with Crippen molar-refractivity contribution in [3.63, 3.8) is 0 Å². The van der Waals surface area contributed by atoms with Crippen molar-refractivity contribution in [1.82, 2.24) is 15.0 Å². The van der Waals surface area contributed by atoms with Crippen molar-refractivity contribution in [3.05, 3.63) is 164 Å². The average Bonchev–Trinajstić information content (AvgIpc) is 3.76. The molecule has 0 unspecified atom stereocenters. The van der Waals surface area contributed by atoms with Crippen LogP contribution >= 0.6 is 0 Å². The maximum atomic E-state index is 6.42. The third kappa shape index (κ3) is 4.53. The number of furan rings is 2. The van der Waals surface area contributed by atoms with E-state index in [0.717, 1.165) is 87.9 Å². The molecule has 0 aliphatic carbocycles. The van der Waals surface area contributed by atoms with Gasteiger partial charge in [-0.2, -0.15) is 0 Å². The summed E-state index contributed by atoms with van der Waals surface area (Å²) in [6.07, 6.45) is 0. The highest BCUT2D eigenvalue weighted by atomic mass is 16.3. The summed E-state index contributed by atoms with van der Waals surface area (Å²) < 4.78 is 12.8. The van der Waals surface area contributed by atoms with Gasteiger partial charge in [-0.15, -0.1) is 0 Å². The fraction of sp³-hybridized carbons (Fsp3) is 0. The summed E-state index contributed by atoms with van der Waals surface area (Å²) >= 11 is 0. The Kier molecular flexibility index (Phi) is 6.18. The lowest BCUT2D eigenvalue weighted by molar-refractivity contribution is 0.669. The second-order valence-corrected chi connectivity index (χ2v) is 13.2. The van der Waals surface area contributed by atoms with E-state index in [9.17, 15) is 0 Å². The Balaban J connectivity index is 1.12. The minimum Gasteiger partial charge on any atom is -0.456 e.